The Morgan fingerprint density at radius 1 is 1.50 bits per heavy atom. The van der Waals surface area contributed by atoms with Crippen molar-refractivity contribution in [1.29, 1.82) is 0 Å². The molecule has 1 saturated heterocycles. The molecule has 1 aromatic carbocycles. The molecule has 0 saturated carbocycles. The van der Waals surface area contributed by atoms with Gasteiger partial charge in [-0.15, -0.1) is 0 Å². The van der Waals surface area contributed by atoms with E-state index in [4.69, 9.17) is 22.1 Å². The molecule has 1 aliphatic heterocycles. The molecule has 1 fully saturated rings. The Morgan fingerprint density at radius 3 is 2.94 bits per heavy atom. The third-order valence-corrected chi connectivity index (χ3v) is 3.37. The van der Waals surface area contributed by atoms with E-state index in [1.54, 1.807) is 12.1 Å². The van der Waals surface area contributed by atoms with Gasteiger partial charge in [0.15, 0.2) is 0 Å². The maximum Gasteiger partial charge on any atom is 0.141 e. The minimum Gasteiger partial charge on any atom is -0.372 e. The summed E-state index contributed by atoms with van der Waals surface area (Å²) in [5.74, 6) is -0.389. The number of benzene rings is 1. The van der Waals surface area contributed by atoms with Gasteiger partial charge in [0.2, 0.25) is 0 Å². The number of rotatable bonds is 3. The van der Waals surface area contributed by atoms with Crippen molar-refractivity contribution in [2.45, 2.75) is 25.6 Å². The SMILES string of the molecule is CC1CN(c2ccc(F)c(Cl)c2)CC(CCN)O1. The number of hydrogen-bond acceptors (Lipinski definition) is 3. The fourth-order valence-electron chi connectivity index (χ4n) is 2.28. The molecule has 1 aromatic rings. The van der Waals surface area contributed by atoms with Crippen LogP contribution in [0.4, 0.5) is 10.1 Å². The van der Waals surface area contributed by atoms with Gasteiger partial charge in [0.1, 0.15) is 5.82 Å². The quantitative estimate of drug-likeness (QED) is 0.918. The average molecular weight is 273 g/mol. The molecule has 2 atom stereocenters. The number of morpholine rings is 1. The molecule has 0 amide bonds. The highest BCUT2D eigenvalue weighted by Crippen LogP contribution is 2.25. The second-order valence-electron chi connectivity index (χ2n) is 4.65. The van der Waals surface area contributed by atoms with E-state index in [0.717, 1.165) is 25.2 Å². The monoisotopic (exact) mass is 272 g/mol. The lowest BCUT2D eigenvalue weighted by molar-refractivity contribution is -0.0183. The van der Waals surface area contributed by atoms with Crippen LogP contribution in [0.25, 0.3) is 0 Å². The third-order valence-electron chi connectivity index (χ3n) is 3.08. The molecule has 1 aliphatic rings. The second kappa shape index (κ2) is 5.87. The van der Waals surface area contributed by atoms with Gasteiger partial charge >= 0.3 is 0 Å². The van der Waals surface area contributed by atoms with Crippen molar-refractivity contribution < 1.29 is 9.13 Å². The highest BCUT2D eigenvalue weighted by molar-refractivity contribution is 6.31. The summed E-state index contributed by atoms with van der Waals surface area (Å²) >= 11 is 5.81. The maximum absolute atomic E-state index is 13.1. The lowest BCUT2D eigenvalue weighted by Crippen LogP contribution is -2.47. The molecule has 18 heavy (non-hydrogen) atoms. The lowest BCUT2D eigenvalue weighted by Gasteiger charge is -2.38. The van der Waals surface area contributed by atoms with E-state index in [1.807, 2.05) is 6.92 Å². The van der Waals surface area contributed by atoms with Crippen LogP contribution in [-0.4, -0.2) is 31.8 Å². The molecule has 0 aromatic heterocycles. The number of ether oxygens (including phenoxy) is 1. The maximum atomic E-state index is 13.1. The fraction of sp³-hybridized carbons (Fsp3) is 0.538. The number of halogens is 2. The van der Waals surface area contributed by atoms with Gasteiger partial charge in [-0.05, 0) is 38.1 Å². The number of anilines is 1. The van der Waals surface area contributed by atoms with E-state index >= 15 is 0 Å². The molecular formula is C13H18ClFN2O. The first kappa shape index (κ1) is 13.6. The standard InChI is InChI=1S/C13H18ClFN2O/c1-9-7-17(8-11(18-9)4-5-16)10-2-3-13(15)12(14)6-10/h2-3,6,9,11H,4-5,7-8,16H2,1H3. The minimum absolute atomic E-state index is 0.127. The lowest BCUT2D eigenvalue weighted by atomic mass is 10.1. The topological polar surface area (TPSA) is 38.5 Å². The summed E-state index contributed by atoms with van der Waals surface area (Å²) in [5, 5.41) is 0.155. The predicted molar refractivity (Wildman–Crippen MR) is 71.6 cm³/mol. The first-order valence-corrected chi connectivity index (χ1v) is 6.53. The molecular weight excluding hydrogens is 255 g/mol. The van der Waals surface area contributed by atoms with Gasteiger partial charge < -0.3 is 15.4 Å². The fourth-order valence-corrected chi connectivity index (χ4v) is 2.46. The zero-order valence-corrected chi connectivity index (χ0v) is 11.2. The molecule has 0 aliphatic carbocycles. The van der Waals surface area contributed by atoms with Gasteiger partial charge in [0.25, 0.3) is 0 Å². The summed E-state index contributed by atoms with van der Waals surface area (Å²) in [4.78, 5) is 2.17. The highest BCUT2D eigenvalue weighted by Gasteiger charge is 2.25. The predicted octanol–water partition coefficient (Wildman–Crippen LogP) is 2.42. The Labute approximate surface area is 112 Å². The largest absolute Gasteiger partial charge is 0.372 e. The van der Waals surface area contributed by atoms with Crippen molar-refractivity contribution in [1.82, 2.24) is 0 Å². The summed E-state index contributed by atoms with van der Waals surface area (Å²) in [6.07, 6.45) is 1.09. The van der Waals surface area contributed by atoms with Crippen LogP contribution in [0.3, 0.4) is 0 Å². The van der Waals surface area contributed by atoms with E-state index < -0.39 is 0 Å². The van der Waals surface area contributed by atoms with Crippen LogP contribution in [0.15, 0.2) is 18.2 Å². The summed E-state index contributed by atoms with van der Waals surface area (Å²) in [6, 6.07) is 4.81. The van der Waals surface area contributed by atoms with Gasteiger partial charge in [0.05, 0.1) is 17.2 Å². The Hall–Kier alpha value is -0.840. The zero-order chi connectivity index (χ0) is 13.1. The van der Waals surface area contributed by atoms with Crippen molar-refractivity contribution in [2.24, 2.45) is 5.73 Å². The molecule has 100 valence electrons. The van der Waals surface area contributed by atoms with Crippen molar-refractivity contribution >= 4 is 17.3 Å². The first-order valence-electron chi connectivity index (χ1n) is 6.15. The Balaban J connectivity index is 2.13. The van der Waals surface area contributed by atoms with Gasteiger partial charge in [-0.2, -0.15) is 0 Å². The molecule has 3 nitrogen and oxygen atoms in total. The third kappa shape index (κ3) is 3.13. The number of nitrogens with two attached hydrogens (primary N) is 1. The summed E-state index contributed by atoms with van der Waals surface area (Å²) in [5.41, 5.74) is 6.49. The normalized spacial score (nSPS) is 24.3. The number of nitrogens with zero attached hydrogens (tertiary/aromatic N) is 1. The molecule has 0 radical (unpaired) electrons. The van der Waals surface area contributed by atoms with Gasteiger partial charge in [-0.3, -0.25) is 0 Å². The molecule has 2 rings (SSSR count). The van der Waals surface area contributed by atoms with Crippen LogP contribution in [0.1, 0.15) is 13.3 Å². The van der Waals surface area contributed by atoms with Gasteiger partial charge in [-0.25, -0.2) is 4.39 Å². The Morgan fingerprint density at radius 2 is 2.28 bits per heavy atom. The van der Waals surface area contributed by atoms with Gasteiger partial charge in [0, 0.05) is 18.8 Å². The summed E-state index contributed by atoms with van der Waals surface area (Å²) in [7, 11) is 0. The molecule has 2 N–H and O–H groups in total. The van der Waals surface area contributed by atoms with E-state index in [-0.39, 0.29) is 23.0 Å². The average Bonchev–Trinajstić information content (AvgIpc) is 2.32. The van der Waals surface area contributed by atoms with Crippen molar-refractivity contribution in [3.05, 3.63) is 29.0 Å². The van der Waals surface area contributed by atoms with E-state index in [9.17, 15) is 4.39 Å². The van der Waals surface area contributed by atoms with Crippen molar-refractivity contribution in [2.75, 3.05) is 24.5 Å². The smallest absolute Gasteiger partial charge is 0.141 e. The minimum atomic E-state index is -0.389. The Bertz CT molecular complexity index is 416. The highest BCUT2D eigenvalue weighted by atomic mass is 35.5. The second-order valence-corrected chi connectivity index (χ2v) is 5.06. The van der Waals surface area contributed by atoms with E-state index in [1.165, 1.54) is 6.07 Å². The van der Waals surface area contributed by atoms with Crippen LogP contribution in [0.5, 0.6) is 0 Å². The van der Waals surface area contributed by atoms with Crippen LogP contribution < -0.4 is 10.6 Å². The molecule has 0 spiro atoms. The van der Waals surface area contributed by atoms with Crippen LogP contribution >= 0.6 is 11.6 Å². The molecule has 5 heteroatoms. The Kier molecular flexibility index (Phi) is 4.43. The molecule has 0 bridgehead atoms. The number of hydrogen-bond donors (Lipinski definition) is 1. The van der Waals surface area contributed by atoms with Crippen molar-refractivity contribution in [3.63, 3.8) is 0 Å². The van der Waals surface area contributed by atoms with Gasteiger partial charge in [-0.1, -0.05) is 11.6 Å². The first-order chi connectivity index (χ1) is 8.60. The van der Waals surface area contributed by atoms with Crippen LogP contribution in [0, 0.1) is 5.82 Å². The summed E-state index contributed by atoms with van der Waals surface area (Å²) < 4.78 is 19.0. The molecule has 1 heterocycles. The van der Waals surface area contributed by atoms with Crippen LogP contribution in [-0.2, 0) is 4.74 Å². The van der Waals surface area contributed by atoms with E-state index in [2.05, 4.69) is 4.90 Å². The summed E-state index contributed by atoms with van der Waals surface area (Å²) in [6.45, 7) is 4.18. The van der Waals surface area contributed by atoms with Crippen molar-refractivity contribution in [3.8, 4) is 0 Å². The molecule has 2 unspecified atom stereocenters. The zero-order valence-electron chi connectivity index (χ0n) is 10.4. The van der Waals surface area contributed by atoms with Crippen LogP contribution in [0.2, 0.25) is 5.02 Å². The van der Waals surface area contributed by atoms with E-state index in [0.29, 0.717) is 6.54 Å².